The van der Waals surface area contributed by atoms with E-state index in [2.05, 4.69) is 10.6 Å². The maximum atomic E-state index is 13.4. The Bertz CT molecular complexity index is 999. The Morgan fingerprint density at radius 3 is 2.57 bits per heavy atom. The fourth-order valence-electron chi connectivity index (χ4n) is 3.03. The third kappa shape index (κ3) is 6.20. The van der Waals surface area contributed by atoms with Gasteiger partial charge in [-0.05, 0) is 54.4 Å². The number of nitrogens with one attached hydrogen (secondary N) is 2. The number of urea groups is 1. The summed E-state index contributed by atoms with van der Waals surface area (Å²) in [4.78, 5) is 23.7. The number of carbonyl (C=O) groups excluding carboxylic acids is 2. The van der Waals surface area contributed by atoms with Gasteiger partial charge in [0.2, 0.25) is 0 Å². The van der Waals surface area contributed by atoms with Gasteiger partial charge in [-0.15, -0.1) is 0 Å². The molecule has 3 aromatic rings. The lowest BCUT2D eigenvalue weighted by atomic mass is 10.1. The molecule has 0 aliphatic heterocycles. The zero-order chi connectivity index (χ0) is 21.3. The predicted octanol–water partition coefficient (Wildman–Crippen LogP) is 4.10. The molecule has 2 amide bonds. The number of ether oxygens (including phenoxy) is 1. The normalized spacial score (nSPS) is 10.5. The number of aromatic nitrogens is 1. The molecule has 0 saturated carbocycles. The van der Waals surface area contributed by atoms with Gasteiger partial charge in [-0.25, -0.2) is 9.18 Å². The van der Waals surface area contributed by atoms with E-state index in [-0.39, 0.29) is 24.2 Å². The van der Waals surface area contributed by atoms with E-state index in [1.54, 1.807) is 37.3 Å². The third-order valence-corrected chi connectivity index (χ3v) is 4.46. The topological polar surface area (TPSA) is 72.4 Å². The van der Waals surface area contributed by atoms with Gasteiger partial charge in [0, 0.05) is 24.1 Å². The highest BCUT2D eigenvalue weighted by Gasteiger charge is 2.07. The van der Waals surface area contributed by atoms with Crippen molar-refractivity contribution < 1.29 is 18.7 Å². The molecular weight excluding hydrogens is 385 g/mol. The van der Waals surface area contributed by atoms with Gasteiger partial charge in [0.05, 0.1) is 19.6 Å². The van der Waals surface area contributed by atoms with E-state index in [0.29, 0.717) is 25.4 Å². The quantitative estimate of drug-likeness (QED) is 0.550. The van der Waals surface area contributed by atoms with Crippen molar-refractivity contribution in [1.29, 1.82) is 0 Å². The molecule has 156 valence electrons. The Balaban J connectivity index is 1.50. The molecule has 1 heterocycles. The number of benzene rings is 2. The van der Waals surface area contributed by atoms with Crippen molar-refractivity contribution in [3.05, 3.63) is 89.5 Å². The molecule has 2 N–H and O–H groups in total. The van der Waals surface area contributed by atoms with Crippen molar-refractivity contribution in [1.82, 2.24) is 9.88 Å². The van der Waals surface area contributed by atoms with Crippen LogP contribution in [0, 0.1) is 5.82 Å². The fraction of sp³-hybridized carbons (Fsp3) is 0.217. The van der Waals surface area contributed by atoms with E-state index in [1.165, 1.54) is 12.1 Å². The summed E-state index contributed by atoms with van der Waals surface area (Å²) in [6, 6.07) is 16.9. The zero-order valence-corrected chi connectivity index (χ0v) is 16.7. The highest BCUT2D eigenvalue weighted by Crippen LogP contribution is 2.12. The number of rotatable bonds is 8. The molecule has 2 aromatic carbocycles. The molecule has 0 unspecified atom stereocenters. The van der Waals surface area contributed by atoms with Crippen LogP contribution in [0.3, 0.4) is 0 Å². The van der Waals surface area contributed by atoms with Gasteiger partial charge in [-0.2, -0.15) is 0 Å². The standard InChI is InChI=1S/C23H24FN3O3/c1-2-30-22(28)14-17-8-10-20(11-9-17)26-23(29)25-15-21-7-4-12-27(21)16-18-5-3-6-19(24)13-18/h3-13H,2,14-16H2,1H3,(H2,25,26,29). The molecule has 1 aromatic heterocycles. The Morgan fingerprint density at radius 2 is 1.83 bits per heavy atom. The van der Waals surface area contributed by atoms with Crippen molar-refractivity contribution in [2.75, 3.05) is 11.9 Å². The first-order chi connectivity index (χ1) is 14.5. The van der Waals surface area contributed by atoms with Crippen molar-refractivity contribution in [2.45, 2.75) is 26.4 Å². The van der Waals surface area contributed by atoms with Gasteiger partial charge in [-0.3, -0.25) is 4.79 Å². The van der Waals surface area contributed by atoms with Crippen LogP contribution in [0.5, 0.6) is 0 Å². The molecule has 7 heteroatoms. The summed E-state index contributed by atoms with van der Waals surface area (Å²) in [5.41, 5.74) is 3.18. The highest BCUT2D eigenvalue weighted by molar-refractivity contribution is 5.89. The molecular formula is C23H24FN3O3. The first kappa shape index (κ1) is 21.1. The lowest BCUT2D eigenvalue weighted by molar-refractivity contribution is -0.142. The van der Waals surface area contributed by atoms with Crippen molar-refractivity contribution >= 4 is 17.7 Å². The molecule has 0 aliphatic rings. The van der Waals surface area contributed by atoms with Crippen LogP contribution in [0.1, 0.15) is 23.7 Å². The van der Waals surface area contributed by atoms with Crippen LogP contribution in [0.4, 0.5) is 14.9 Å². The first-order valence-electron chi connectivity index (χ1n) is 9.71. The minimum absolute atomic E-state index is 0.197. The molecule has 6 nitrogen and oxygen atoms in total. The van der Waals surface area contributed by atoms with Gasteiger partial charge >= 0.3 is 12.0 Å². The SMILES string of the molecule is CCOC(=O)Cc1ccc(NC(=O)NCc2cccn2Cc2cccc(F)c2)cc1. The number of hydrogen-bond acceptors (Lipinski definition) is 3. The van der Waals surface area contributed by atoms with Crippen molar-refractivity contribution in [3.8, 4) is 0 Å². The molecule has 0 saturated heterocycles. The van der Waals surface area contributed by atoms with E-state index in [9.17, 15) is 14.0 Å². The number of nitrogens with zero attached hydrogens (tertiary/aromatic N) is 1. The van der Waals surface area contributed by atoms with E-state index >= 15 is 0 Å². The lowest BCUT2D eigenvalue weighted by Crippen LogP contribution is -2.29. The molecule has 0 bridgehead atoms. The second-order valence-electron chi connectivity index (χ2n) is 6.74. The number of hydrogen-bond donors (Lipinski definition) is 2. The summed E-state index contributed by atoms with van der Waals surface area (Å²) in [6.07, 6.45) is 2.09. The second kappa shape index (κ2) is 10.2. The van der Waals surface area contributed by atoms with E-state index in [1.807, 2.05) is 29.0 Å². The smallest absolute Gasteiger partial charge is 0.319 e. The van der Waals surface area contributed by atoms with Gasteiger partial charge in [-0.1, -0.05) is 24.3 Å². The Hall–Kier alpha value is -3.61. The minimum Gasteiger partial charge on any atom is -0.466 e. The van der Waals surface area contributed by atoms with Crippen LogP contribution in [0.25, 0.3) is 0 Å². The molecule has 30 heavy (non-hydrogen) atoms. The van der Waals surface area contributed by atoms with Crippen LogP contribution < -0.4 is 10.6 Å². The van der Waals surface area contributed by atoms with Crippen LogP contribution in [0.2, 0.25) is 0 Å². The van der Waals surface area contributed by atoms with Crippen molar-refractivity contribution in [2.24, 2.45) is 0 Å². The predicted molar refractivity (Wildman–Crippen MR) is 113 cm³/mol. The van der Waals surface area contributed by atoms with E-state index in [0.717, 1.165) is 16.8 Å². The minimum atomic E-state index is -0.341. The van der Waals surface area contributed by atoms with Crippen LogP contribution in [-0.4, -0.2) is 23.2 Å². The fourth-order valence-corrected chi connectivity index (χ4v) is 3.03. The van der Waals surface area contributed by atoms with Crippen LogP contribution >= 0.6 is 0 Å². The van der Waals surface area contributed by atoms with E-state index in [4.69, 9.17) is 4.74 Å². The largest absolute Gasteiger partial charge is 0.466 e. The summed E-state index contributed by atoms with van der Waals surface area (Å²) in [5, 5.41) is 5.58. The summed E-state index contributed by atoms with van der Waals surface area (Å²) >= 11 is 0. The molecule has 3 rings (SSSR count). The zero-order valence-electron chi connectivity index (χ0n) is 16.7. The number of esters is 1. The van der Waals surface area contributed by atoms with Crippen molar-refractivity contribution in [3.63, 3.8) is 0 Å². The summed E-state index contributed by atoms with van der Waals surface area (Å²) < 4.78 is 20.3. The van der Waals surface area contributed by atoms with Crippen LogP contribution in [-0.2, 0) is 29.0 Å². The first-order valence-corrected chi connectivity index (χ1v) is 9.71. The molecule has 0 atom stereocenters. The molecule has 0 spiro atoms. The Labute approximate surface area is 174 Å². The van der Waals surface area contributed by atoms with Gasteiger partial charge in [0.1, 0.15) is 5.82 Å². The highest BCUT2D eigenvalue weighted by atomic mass is 19.1. The Morgan fingerprint density at radius 1 is 1.03 bits per heavy atom. The summed E-state index contributed by atoms with van der Waals surface area (Å²) in [6.45, 7) is 2.96. The van der Waals surface area contributed by atoms with Gasteiger partial charge < -0.3 is 19.9 Å². The average Bonchev–Trinajstić information content (AvgIpc) is 3.15. The monoisotopic (exact) mass is 409 g/mol. The number of carbonyl (C=O) groups is 2. The van der Waals surface area contributed by atoms with E-state index < -0.39 is 0 Å². The third-order valence-electron chi connectivity index (χ3n) is 4.46. The molecule has 0 aliphatic carbocycles. The molecule has 0 fully saturated rings. The average molecular weight is 409 g/mol. The summed E-state index contributed by atoms with van der Waals surface area (Å²) in [5.74, 6) is -0.552. The maximum Gasteiger partial charge on any atom is 0.319 e. The van der Waals surface area contributed by atoms with Gasteiger partial charge in [0.25, 0.3) is 0 Å². The lowest BCUT2D eigenvalue weighted by Gasteiger charge is -2.12. The number of halogens is 1. The second-order valence-corrected chi connectivity index (χ2v) is 6.74. The maximum absolute atomic E-state index is 13.4. The van der Waals surface area contributed by atoms with Gasteiger partial charge in [0.15, 0.2) is 0 Å². The number of amides is 2. The van der Waals surface area contributed by atoms with Crippen LogP contribution in [0.15, 0.2) is 66.9 Å². The summed E-state index contributed by atoms with van der Waals surface area (Å²) in [7, 11) is 0. The Kier molecular flexibility index (Phi) is 7.21. The molecule has 0 radical (unpaired) electrons. The number of anilines is 1.